The van der Waals surface area contributed by atoms with Crippen molar-refractivity contribution in [1.29, 1.82) is 0 Å². The van der Waals surface area contributed by atoms with Crippen molar-refractivity contribution in [3.63, 3.8) is 0 Å². The molecule has 2 unspecified atom stereocenters. The van der Waals surface area contributed by atoms with Gasteiger partial charge in [-0.05, 0) is 46.4 Å². The zero-order chi connectivity index (χ0) is 24.2. The van der Waals surface area contributed by atoms with E-state index in [1.807, 2.05) is 48.5 Å². The molecule has 0 saturated heterocycles. The van der Waals surface area contributed by atoms with E-state index in [1.165, 1.54) is 6.07 Å². The number of aliphatic hydroxyl groups excluding tert-OH is 2. The highest BCUT2D eigenvalue weighted by Gasteiger charge is 2.29. The molecule has 9 heteroatoms. The standard InChI is InChI=1S/C25H24N2O7/c28-22(24(30)15-9-10-21(27(32)33)23(29)13-15)11-12-26-25(31)34-14-20-18-7-3-1-5-16(18)17-6-2-4-8-19(17)20/h1-10,13,20,22,24,28-30H,11-12,14H2,(H,26,31). The van der Waals surface area contributed by atoms with Crippen LogP contribution in [-0.2, 0) is 4.74 Å². The van der Waals surface area contributed by atoms with Crippen molar-refractivity contribution in [2.45, 2.75) is 24.5 Å². The van der Waals surface area contributed by atoms with Crippen LogP contribution < -0.4 is 5.32 Å². The first-order valence-electron chi connectivity index (χ1n) is 10.8. The number of carbonyl (C=O) groups excluding carboxylic acids is 1. The zero-order valence-corrected chi connectivity index (χ0v) is 18.1. The van der Waals surface area contributed by atoms with Crippen LogP contribution in [0.5, 0.6) is 5.75 Å². The van der Waals surface area contributed by atoms with Gasteiger partial charge in [0, 0.05) is 18.5 Å². The molecule has 34 heavy (non-hydrogen) atoms. The van der Waals surface area contributed by atoms with E-state index >= 15 is 0 Å². The Morgan fingerprint density at radius 1 is 1.03 bits per heavy atom. The number of hydrogen-bond donors (Lipinski definition) is 4. The molecule has 3 aromatic rings. The number of fused-ring (bicyclic) bond motifs is 3. The molecule has 1 aliphatic carbocycles. The molecule has 0 bridgehead atoms. The van der Waals surface area contributed by atoms with Gasteiger partial charge >= 0.3 is 11.8 Å². The molecule has 0 fully saturated rings. The highest BCUT2D eigenvalue weighted by atomic mass is 16.6. The number of alkyl carbamates (subject to hydrolysis) is 1. The number of nitrogens with zero attached hydrogens (tertiary/aromatic N) is 1. The van der Waals surface area contributed by atoms with Crippen LogP contribution in [0.4, 0.5) is 10.5 Å². The van der Waals surface area contributed by atoms with Crippen LogP contribution in [0, 0.1) is 10.1 Å². The molecule has 3 aromatic carbocycles. The van der Waals surface area contributed by atoms with Gasteiger partial charge in [0.15, 0.2) is 5.75 Å². The number of hydrogen-bond acceptors (Lipinski definition) is 7. The summed E-state index contributed by atoms with van der Waals surface area (Å²) in [5.74, 6) is -0.675. The third-order valence-corrected chi connectivity index (χ3v) is 5.96. The minimum absolute atomic E-state index is 0.00309. The first-order valence-corrected chi connectivity index (χ1v) is 10.8. The van der Waals surface area contributed by atoms with Crippen LogP contribution >= 0.6 is 0 Å². The number of nitro benzene ring substituents is 1. The normalized spacial score (nSPS) is 14.1. The first-order chi connectivity index (χ1) is 16.4. The number of phenolic OH excluding ortho intramolecular Hbond substituents is 1. The molecular formula is C25H24N2O7. The van der Waals surface area contributed by atoms with Crippen LogP contribution in [-0.4, -0.2) is 45.6 Å². The van der Waals surface area contributed by atoms with Crippen molar-refractivity contribution in [2.75, 3.05) is 13.2 Å². The van der Waals surface area contributed by atoms with Crippen LogP contribution in [0.2, 0.25) is 0 Å². The number of aliphatic hydroxyl groups is 2. The van der Waals surface area contributed by atoms with Gasteiger partial charge in [0.05, 0.1) is 11.0 Å². The summed E-state index contributed by atoms with van der Waals surface area (Å²) in [6, 6.07) is 19.3. The monoisotopic (exact) mass is 464 g/mol. The van der Waals surface area contributed by atoms with Crippen LogP contribution in [0.25, 0.3) is 11.1 Å². The predicted molar refractivity (Wildman–Crippen MR) is 123 cm³/mol. The lowest BCUT2D eigenvalue weighted by molar-refractivity contribution is -0.385. The van der Waals surface area contributed by atoms with E-state index in [9.17, 15) is 30.2 Å². The molecule has 0 radical (unpaired) electrons. The van der Waals surface area contributed by atoms with Gasteiger partial charge in [0.2, 0.25) is 0 Å². The fourth-order valence-electron chi connectivity index (χ4n) is 4.23. The van der Waals surface area contributed by atoms with E-state index in [2.05, 4.69) is 5.32 Å². The topological polar surface area (TPSA) is 142 Å². The number of nitro groups is 1. The maximum absolute atomic E-state index is 12.2. The second-order valence-electron chi connectivity index (χ2n) is 8.06. The van der Waals surface area contributed by atoms with Crippen molar-refractivity contribution in [3.8, 4) is 16.9 Å². The van der Waals surface area contributed by atoms with Gasteiger partial charge in [0.1, 0.15) is 12.7 Å². The van der Waals surface area contributed by atoms with E-state index in [4.69, 9.17) is 4.74 Å². The number of rotatable bonds is 8. The Morgan fingerprint density at radius 2 is 1.65 bits per heavy atom. The van der Waals surface area contributed by atoms with Gasteiger partial charge in [-0.2, -0.15) is 0 Å². The molecule has 1 amide bonds. The van der Waals surface area contributed by atoms with Crippen molar-refractivity contribution in [1.82, 2.24) is 5.32 Å². The molecule has 9 nitrogen and oxygen atoms in total. The second kappa shape index (κ2) is 9.90. The smallest absolute Gasteiger partial charge is 0.407 e. The molecule has 4 rings (SSSR count). The van der Waals surface area contributed by atoms with Gasteiger partial charge in [-0.15, -0.1) is 0 Å². The average molecular weight is 464 g/mol. The molecule has 4 N–H and O–H groups in total. The number of ether oxygens (including phenoxy) is 1. The van der Waals surface area contributed by atoms with Crippen LogP contribution in [0.1, 0.15) is 35.1 Å². The number of nitrogens with one attached hydrogen (secondary N) is 1. The largest absolute Gasteiger partial charge is 0.502 e. The lowest BCUT2D eigenvalue weighted by Crippen LogP contribution is -2.30. The molecule has 2 atom stereocenters. The maximum atomic E-state index is 12.2. The van der Waals surface area contributed by atoms with E-state index < -0.39 is 34.7 Å². The Bertz CT molecular complexity index is 1170. The first kappa shape index (κ1) is 23.2. The summed E-state index contributed by atoms with van der Waals surface area (Å²) in [6.07, 6.45) is -3.30. The number of amides is 1. The SMILES string of the molecule is O=C(NCCC(O)C(O)c1ccc([N+](=O)[O-])c(O)c1)OCC1c2ccccc2-c2ccccc21. The highest BCUT2D eigenvalue weighted by molar-refractivity contribution is 5.79. The van der Waals surface area contributed by atoms with Gasteiger partial charge < -0.3 is 25.4 Å². The summed E-state index contributed by atoms with van der Waals surface area (Å²) in [5, 5.41) is 43.5. The maximum Gasteiger partial charge on any atom is 0.407 e. The lowest BCUT2D eigenvalue weighted by Gasteiger charge is -2.19. The number of phenols is 1. The fourth-order valence-corrected chi connectivity index (χ4v) is 4.23. The van der Waals surface area contributed by atoms with Gasteiger partial charge in [-0.1, -0.05) is 48.5 Å². The summed E-state index contributed by atoms with van der Waals surface area (Å²) in [7, 11) is 0. The minimum Gasteiger partial charge on any atom is -0.502 e. The Kier molecular flexibility index (Phi) is 6.76. The van der Waals surface area contributed by atoms with Crippen molar-refractivity contribution in [3.05, 3.63) is 93.5 Å². The number of aromatic hydroxyl groups is 1. The summed E-state index contributed by atoms with van der Waals surface area (Å²) >= 11 is 0. The molecule has 176 valence electrons. The zero-order valence-electron chi connectivity index (χ0n) is 18.1. The molecule has 0 spiro atoms. The fraction of sp³-hybridized carbons (Fsp3) is 0.240. The molecule has 0 heterocycles. The van der Waals surface area contributed by atoms with Gasteiger partial charge in [-0.3, -0.25) is 10.1 Å². The Labute approximate surface area is 195 Å². The summed E-state index contributed by atoms with van der Waals surface area (Å²) in [6.45, 7) is 0.195. The average Bonchev–Trinajstić information content (AvgIpc) is 3.15. The summed E-state index contributed by atoms with van der Waals surface area (Å²) in [5.41, 5.74) is 4.07. The third kappa shape index (κ3) is 4.70. The summed E-state index contributed by atoms with van der Waals surface area (Å²) in [4.78, 5) is 22.2. The quantitative estimate of drug-likeness (QED) is 0.295. The number of carbonyl (C=O) groups is 1. The Hall–Kier alpha value is -3.95. The van der Waals surface area contributed by atoms with Crippen molar-refractivity contribution in [2.24, 2.45) is 0 Å². The third-order valence-electron chi connectivity index (χ3n) is 5.96. The van der Waals surface area contributed by atoms with E-state index in [-0.39, 0.29) is 31.1 Å². The van der Waals surface area contributed by atoms with E-state index in [0.717, 1.165) is 34.4 Å². The molecule has 1 aliphatic rings. The Balaban J connectivity index is 1.28. The predicted octanol–water partition coefficient (Wildman–Crippen LogP) is 3.62. The summed E-state index contributed by atoms with van der Waals surface area (Å²) < 4.78 is 5.43. The van der Waals surface area contributed by atoms with Crippen molar-refractivity contribution < 1.29 is 29.8 Å². The molecule has 0 aromatic heterocycles. The lowest BCUT2D eigenvalue weighted by atomic mass is 9.98. The molecule has 0 aliphatic heterocycles. The van der Waals surface area contributed by atoms with E-state index in [0.29, 0.717) is 0 Å². The number of benzene rings is 3. The highest BCUT2D eigenvalue weighted by Crippen LogP contribution is 2.44. The van der Waals surface area contributed by atoms with Crippen LogP contribution in [0.15, 0.2) is 66.7 Å². The van der Waals surface area contributed by atoms with E-state index in [1.54, 1.807) is 0 Å². The van der Waals surface area contributed by atoms with Gasteiger partial charge in [0.25, 0.3) is 0 Å². The Morgan fingerprint density at radius 3 is 2.24 bits per heavy atom. The minimum atomic E-state index is -1.39. The molecular weight excluding hydrogens is 440 g/mol. The molecule has 0 saturated carbocycles. The van der Waals surface area contributed by atoms with Crippen molar-refractivity contribution >= 4 is 11.8 Å². The van der Waals surface area contributed by atoms with Crippen LogP contribution in [0.3, 0.4) is 0 Å². The van der Waals surface area contributed by atoms with Gasteiger partial charge in [-0.25, -0.2) is 4.79 Å². The second-order valence-corrected chi connectivity index (χ2v) is 8.06.